The number of aliphatic hydroxyl groups is 1. The van der Waals surface area contributed by atoms with Crippen LogP contribution in [0.15, 0.2) is 53.3 Å². The Morgan fingerprint density at radius 3 is 2.29 bits per heavy atom. The molecule has 0 amide bonds. The van der Waals surface area contributed by atoms with Crippen LogP contribution in [0.4, 0.5) is 4.39 Å². The summed E-state index contributed by atoms with van der Waals surface area (Å²) in [4.78, 5) is 11.5. The van der Waals surface area contributed by atoms with Gasteiger partial charge in [-0.15, -0.1) is 0 Å². The monoisotopic (exact) mass is 440 g/mol. The van der Waals surface area contributed by atoms with Crippen LogP contribution >= 0.6 is 11.3 Å². The fourth-order valence-corrected chi connectivity index (χ4v) is 5.26. The van der Waals surface area contributed by atoms with Gasteiger partial charge in [-0.25, -0.2) is 4.39 Å². The Labute approximate surface area is 188 Å². The first-order valence-corrected chi connectivity index (χ1v) is 12.1. The van der Waals surface area contributed by atoms with Gasteiger partial charge in [0.1, 0.15) is 0 Å². The summed E-state index contributed by atoms with van der Waals surface area (Å²) in [6, 6.07) is 16.8. The zero-order chi connectivity index (χ0) is 22.4. The fraction of sp³-hybridized carbons (Fsp3) is 0.444. The predicted octanol–water partition coefficient (Wildman–Crippen LogP) is 6.86. The summed E-state index contributed by atoms with van der Waals surface area (Å²) in [7, 11) is 0. The van der Waals surface area contributed by atoms with Gasteiger partial charge in [0, 0.05) is 11.3 Å². The lowest BCUT2D eigenvalue weighted by atomic mass is 10.0. The van der Waals surface area contributed by atoms with Crippen molar-refractivity contribution in [2.24, 2.45) is 11.8 Å². The second-order valence-electron chi connectivity index (χ2n) is 8.70. The summed E-state index contributed by atoms with van der Waals surface area (Å²) in [5.74, 6) is 2.02. The summed E-state index contributed by atoms with van der Waals surface area (Å²) in [6.07, 6.45) is 5.02. The van der Waals surface area contributed by atoms with Crippen molar-refractivity contribution in [2.45, 2.75) is 58.8 Å². The van der Waals surface area contributed by atoms with Crippen LogP contribution in [0, 0.1) is 24.6 Å². The van der Waals surface area contributed by atoms with Gasteiger partial charge in [0.2, 0.25) is 0 Å². The van der Waals surface area contributed by atoms with E-state index in [9.17, 15) is 9.18 Å². The molecule has 2 nitrogen and oxygen atoms in total. The van der Waals surface area contributed by atoms with E-state index in [1.54, 1.807) is 6.92 Å². The van der Waals surface area contributed by atoms with Crippen molar-refractivity contribution in [1.82, 2.24) is 0 Å². The molecule has 0 radical (unpaired) electrons. The Morgan fingerprint density at radius 2 is 1.65 bits per heavy atom. The number of aliphatic hydroxyl groups excluding tert-OH is 1. The highest BCUT2D eigenvalue weighted by Gasteiger charge is 2.43. The number of hydrogen-bond donors (Lipinski definition) is 1. The van der Waals surface area contributed by atoms with E-state index < -0.39 is 10.6 Å². The number of hydrogen-bond acceptors (Lipinski definition) is 3. The van der Waals surface area contributed by atoms with E-state index in [4.69, 9.17) is 5.11 Å². The first-order valence-electron chi connectivity index (χ1n) is 11.3. The minimum absolute atomic E-state index is 0.259. The van der Waals surface area contributed by atoms with Crippen LogP contribution in [0.25, 0.3) is 10.1 Å². The van der Waals surface area contributed by atoms with E-state index in [-0.39, 0.29) is 6.61 Å². The highest BCUT2D eigenvalue weighted by molar-refractivity contribution is 7.16. The van der Waals surface area contributed by atoms with Gasteiger partial charge in [-0.05, 0) is 72.1 Å². The van der Waals surface area contributed by atoms with Crippen molar-refractivity contribution in [3.63, 3.8) is 0 Å². The number of rotatable bonds is 7. The molecule has 1 saturated carbocycles. The molecule has 3 aromatic rings. The SMILES string of the molecule is CC1C(C)C1c1ccccc1.Cc1c(F)c(=O)sc2cc(CCCCCCO)ccc12. The van der Waals surface area contributed by atoms with E-state index in [1.165, 1.54) is 11.1 Å². The average Bonchev–Trinajstić information content (AvgIpc) is 3.38. The molecule has 31 heavy (non-hydrogen) atoms. The van der Waals surface area contributed by atoms with E-state index in [0.717, 1.165) is 71.3 Å². The second-order valence-corrected chi connectivity index (χ2v) is 9.72. The number of unbranched alkanes of at least 4 members (excludes halogenated alkanes) is 3. The highest BCUT2D eigenvalue weighted by Crippen LogP contribution is 2.52. The van der Waals surface area contributed by atoms with Gasteiger partial charge in [-0.3, -0.25) is 4.79 Å². The van der Waals surface area contributed by atoms with Crippen LogP contribution in [0.1, 0.15) is 62.1 Å². The third-order valence-electron chi connectivity index (χ3n) is 6.54. The van der Waals surface area contributed by atoms with Crippen molar-refractivity contribution < 1.29 is 9.50 Å². The van der Waals surface area contributed by atoms with Crippen LogP contribution in [0.5, 0.6) is 0 Å². The predicted molar refractivity (Wildman–Crippen MR) is 130 cm³/mol. The average molecular weight is 441 g/mol. The van der Waals surface area contributed by atoms with Crippen molar-refractivity contribution in [2.75, 3.05) is 6.61 Å². The largest absolute Gasteiger partial charge is 0.396 e. The standard InChI is InChI=1S/C16H19FO2S.C11H14/c1-11-13-8-7-12(6-4-2-3-5-9-18)10-14(13)20-16(19)15(11)17;1-8-9(2)11(8)10-6-4-3-5-7-10/h7-8,10,18H,2-6,9H2,1H3;3-9,11H,1-2H3. The molecule has 1 N–H and O–H groups in total. The molecule has 1 aliphatic rings. The Morgan fingerprint density at radius 1 is 0.968 bits per heavy atom. The first-order chi connectivity index (χ1) is 14.9. The maximum absolute atomic E-state index is 13.6. The van der Waals surface area contributed by atoms with Gasteiger partial charge >= 0.3 is 0 Å². The second kappa shape index (κ2) is 11.0. The topological polar surface area (TPSA) is 37.3 Å². The number of fused-ring (bicyclic) bond motifs is 1. The van der Waals surface area contributed by atoms with Gasteiger partial charge in [-0.2, -0.15) is 0 Å². The van der Waals surface area contributed by atoms with Gasteiger partial charge in [0.05, 0.1) is 0 Å². The molecule has 2 atom stereocenters. The molecular weight excluding hydrogens is 407 g/mol. The molecule has 1 heterocycles. The zero-order valence-corrected chi connectivity index (χ0v) is 19.6. The van der Waals surface area contributed by atoms with Crippen molar-refractivity contribution in [3.8, 4) is 0 Å². The Bertz CT molecular complexity index is 1040. The van der Waals surface area contributed by atoms with Crippen molar-refractivity contribution >= 4 is 21.4 Å². The van der Waals surface area contributed by atoms with Crippen LogP contribution in [-0.4, -0.2) is 11.7 Å². The minimum Gasteiger partial charge on any atom is -0.396 e. The first kappa shape index (κ1) is 23.6. The summed E-state index contributed by atoms with van der Waals surface area (Å²) < 4.78 is 13.9. The Hall–Kier alpha value is -2.04. The maximum atomic E-state index is 13.6. The van der Waals surface area contributed by atoms with Crippen LogP contribution < -0.4 is 4.74 Å². The van der Waals surface area contributed by atoms with Gasteiger partial charge in [-0.1, -0.05) is 80.5 Å². The summed E-state index contributed by atoms with van der Waals surface area (Å²) in [6.45, 7) is 6.58. The van der Waals surface area contributed by atoms with Crippen LogP contribution in [0.3, 0.4) is 0 Å². The molecule has 4 heteroatoms. The lowest BCUT2D eigenvalue weighted by Crippen LogP contribution is -2.03. The fourth-order valence-electron chi connectivity index (χ4n) is 4.27. The molecule has 4 rings (SSSR count). The molecule has 0 spiro atoms. The van der Waals surface area contributed by atoms with Crippen molar-refractivity contribution in [3.05, 3.63) is 80.6 Å². The normalized spacial score (nSPS) is 19.7. The molecule has 2 aromatic carbocycles. The number of benzene rings is 2. The third-order valence-corrected chi connectivity index (χ3v) is 7.46. The number of aryl methyl sites for hydroxylation is 2. The Kier molecular flexibility index (Phi) is 8.39. The Balaban J connectivity index is 0.000000207. The lowest BCUT2D eigenvalue weighted by molar-refractivity contribution is 0.282. The quantitative estimate of drug-likeness (QED) is 0.408. The molecule has 1 aliphatic carbocycles. The summed E-state index contributed by atoms with van der Waals surface area (Å²) in [5.41, 5.74) is 3.15. The van der Waals surface area contributed by atoms with Crippen molar-refractivity contribution in [1.29, 1.82) is 0 Å². The molecular formula is C27H33FO2S. The van der Waals surface area contributed by atoms with Crippen LogP contribution in [0.2, 0.25) is 0 Å². The molecule has 1 aromatic heterocycles. The van der Waals surface area contributed by atoms with Gasteiger partial charge in [0.15, 0.2) is 5.82 Å². The zero-order valence-electron chi connectivity index (χ0n) is 18.7. The van der Waals surface area contributed by atoms with Gasteiger partial charge in [0.25, 0.3) is 4.74 Å². The third kappa shape index (κ3) is 6.02. The van der Waals surface area contributed by atoms with E-state index in [0.29, 0.717) is 5.56 Å². The highest BCUT2D eigenvalue weighted by atomic mass is 32.1. The van der Waals surface area contributed by atoms with E-state index in [1.807, 2.05) is 18.2 Å². The van der Waals surface area contributed by atoms with E-state index >= 15 is 0 Å². The maximum Gasteiger partial charge on any atom is 0.268 e. The molecule has 0 saturated heterocycles. The molecule has 0 bridgehead atoms. The van der Waals surface area contributed by atoms with E-state index in [2.05, 4.69) is 44.2 Å². The molecule has 166 valence electrons. The summed E-state index contributed by atoms with van der Waals surface area (Å²) >= 11 is 0.980. The summed E-state index contributed by atoms with van der Waals surface area (Å²) in [5, 5.41) is 9.55. The smallest absolute Gasteiger partial charge is 0.268 e. The number of halogens is 1. The molecule has 1 fully saturated rings. The molecule has 0 aliphatic heterocycles. The minimum atomic E-state index is -0.626. The van der Waals surface area contributed by atoms with Crippen LogP contribution in [-0.2, 0) is 6.42 Å². The lowest BCUT2D eigenvalue weighted by Gasteiger charge is -2.06. The molecule has 2 unspecified atom stereocenters. The van der Waals surface area contributed by atoms with Gasteiger partial charge < -0.3 is 5.11 Å².